The van der Waals surface area contributed by atoms with Crippen LogP contribution in [0.25, 0.3) is 0 Å². The third-order valence-corrected chi connectivity index (χ3v) is 1.20. The normalized spacial score (nSPS) is 11.9. The summed E-state index contributed by atoms with van der Waals surface area (Å²) in [6, 6.07) is 0.294. The molecule has 1 nitrogen and oxygen atoms in total. The van der Waals surface area contributed by atoms with Gasteiger partial charge in [0, 0.05) is 12.5 Å². The van der Waals surface area contributed by atoms with E-state index in [0.29, 0.717) is 6.04 Å². The second-order valence-corrected chi connectivity index (χ2v) is 2.18. The molecule has 0 aromatic rings. The second-order valence-electron chi connectivity index (χ2n) is 2.18. The van der Waals surface area contributed by atoms with Gasteiger partial charge in [0.25, 0.3) is 0 Å². The van der Waals surface area contributed by atoms with Gasteiger partial charge in [-0.15, -0.1) is 11.8 Å². The first-order valence-electron chi connectivity index (χ1n) is 3.46. The van der Waals surface area contributed by atoms with Crippen molar-refractivity contribution >= 4 is 0 Å². The summed E-state index contributed by atoms with van der Waals surface area (Å²) in [5, 5.41) is 0. The van der Waals surface area contributed by atoms with Crippen LogP contribution in [-0.4, -0.2) is 6.04 Å². The van der Waals surface area contributed by atoms with E-state index in [1.165, 1.54) is 0 Å². The molecule has 0 rings (SSSR count). The minimum atomic E-state index is 0.294. The third kappa shape index (κ3) is 5.39. The van der Waals surface area contributed by atoms with Crippen LogP contribution in [0.4, 0.5) is 0 Å². The SMILES string of the molecule is CC#CCC(N)CCC. The van der Waals surface area contributed by atoms with E-state index in [0.717, 1.165) is 19.3 Å². The molecule has 1 atom stereocenters. The van der Waals surface area contributed by atoms with E-state index in [4.69, 9.17) is 5.73 Å². The maximum atomic E-state index is 5.67. The van der Waals surface area contributed by atoms with Crippen molar-refractivity contribution in [3.05, 3.63) is 0 Å². The van der Waals surface area contributed by atoms with Crippen molar-refractivity contribution in [2.45, 2.75) is 39.2 Å². The molecule has 0 saturated heterocycles. The molecule has 0 spiro atoms. The fourth-order valence-electron chi connectivity index (χ4n) is 0.706. The zero-order chi connectivity index (χ0) is 7.11. The lowest BCUT2D eigenvalue weighted by Crippen LogP contribution is -2.18. The number of hydrogen-bond donors (Lipinski definition) is 1. The molecule has 1 unspecified atom stereocenters. The molecule has 9 heavy (non-hydrogen) atoms. The van der Waals surface area contributed by atoms with Crippen LogP contribution < -0.4 is 5.73 Å². The monoisotopic (exact) mass is 125 g/mol. The predicted molar refractivity (Wildman–Crippen MR) is 41.0 cm³/mol. The predicted octanol–water partition coefficient (Wildman–Crippen LogP) is 1.53. The summed E-state index contributed by atoms with van der Waals surface area (Å²) in [6.45, 7) is 3.98. The topological polar surface area (TPSA) is 26.0 Å². The van der Waals surface area contributed by atoms with Crippen molar-refractivity contribution in [1.29, 1.82) is 0 Å². The van der Waals surface area contributed by atoms with Crippen LogP contribution in [0.2, 0.25) is 0 Å². The molecule has 52 valence electrons. The number of nitrogens with two attached hydrogens (primary N) is 1. The Hall–Kier alpha value is -0.480. The minimum Gasteiger partial charge on any atom is -0.327 e. The maximum absolute atomic E-state index is 5.67. The minimum absolute atomic E-state index is 0.294. The van der Waals surface area contributed by atoms with Gasteiger partial charge in [-0.3, -0.25) is 0 Å². The largest absolute Gasteiger partial charge is 0.327 e. The van der Waals surface area contributed by atoms with Crippen molar-refractivity contribution in [2.75, 3.05) is 0 Å². The standard InChI is InChI=1S/C8H15N/c1-3-5-7-8(9)6-4-2/h8H,4,6-7,9H2,1-2H3. The number of hydrogen-bond acceptors (Lipinski definition) is 1. The first-order valence-corrected chi connectivity index (χ1v) is 3.46. The molecule has 0 amide bonds. The fourth-order valence-corrected chi connectivity index (χ4v) is 0.706. The van der Waals surface area contributed by atoms with Gasteiger partial charge in [-0.25, -0.2) is 0 Å². The summed E-state index contributed by atoms with van der Waals surface area (Å²) in [6.07, 6.45) is 3.10. The van der Waals surface area contributed by atoms with Crippen molar-refractivity contribution in [1.82, 2.24) is 0 Å². The van der Waals surface area contributed by atoms with E-state index >= 15 is 0 Å². The Kier molecular flexibility index (Phi) is 5.35. The van der Waals surface area contributed by atoms with Crippen LogP contribution in [0.3, 0.4) is 0 Å². The molecule has 1 heteroatoms. The molecule has 0 radical (unpaired) electrons. The van der Waals surface area contributed by atoms with Crippen LogP contribution in [0.1, 0.15) is 33.1 Å². The van der Waals surface area contributed by atoms with Gasteiger partial charge in [-0.1, -0.05) is 13.3 Å². The number of rotatable bonds is 3. The van der Waals surface area contributed by atoms with Crippen LogP contribution >= 0.6 is 0 Å². The molecule has 0 fully saturated rings. The lowest BCUT2D eigenvalue weighted by molar-refractivity contribution is 0.617. The van der Waals surface area contributed by atoms with E-state index in [2.05, 4.69) is 18.8 Å². The molecule has 0 saturated carbocycles. The van der Waals surface area contributed by atoms with Crippen molar-refractivity contribution in [2.24, 2.45) is 5.73 Å². The molecule has 0 heterocycles. The Balaban J connectivity index is 3.22. The maximum Gasteiger partial charge on any atom is 0.0241 e. The average molecular weight is 125 g/mol. The van der Waals surface area contributed by atoms with Crippen LogP contribution in [0, 0.1) is 11.8 Å². The molecule has 2 N–H and O–H groups in total. The highest BCUT2D eigenvalue weighted by molar-refractivity contribution is 4.97. The Labute approximate surface area is 57.6 Å². The summed E-state index contributed by atoms with van der Waals surface area (Å²) in [5.74, 6) is 5.78. The highest BCUT2D eigenvalue weighted by Gasteiger charge is 1.95. The van der Waals surface area contributed by atoms with E-state index < -0.39 is 0 Å². The van der Waals surface area contributed by atoms with E-state index in [9.17, 15) is 0 Å². The third-order valence-electron chi connectivity index (χ3n) is 1.20. The molecule has 0 aliphatic rings. The summed E-state index contributed by atoms with van der Waals surface area (Å²) in [5.41, 5.74) is 5.67. The van der Waals surface area contributed by atoms with Crippen molar-refractivity contribution in [3.8, 4) is 11.8 Å². The van der Waals surface area contributed by atoms with E-state index in [1.807, 2.05) is 6.92 Å². The lowest BCUT2D eigenvalue weighted by Gasteiger charge is -2.02. The highest BCUT2D eigenvalue weighted by Crippen LogP contribution is 1.95. The summed E-state index contributed by atoms with van der Waals surface area (Å²) >= 11 is 0. The molecule has 0 aliphatic heterocycles. The van der Waals surface area contributed by atoms with Gasteiger partial charge in [0.05, 0.1) is 0 Å². The zero-order valence-electron chi connectivity index (χ0n) is 6.28. The van der Waals surface area contributed by atoms with Crippen LogP contribution in [0.15, 0.2) is 0 Å². The molecule has 0 aromatic heterocycles. The first kappa shape index (κ1) is 8.52. The highest BCUT2D eigenvalue weighted by atomic mass is 14.6. The quantitative estimate of drug-likeness (QED) is 0.569. The van der Waals surface area contributed by atoms with Gasteiger partial charge >= 0.3 is 0 Å². The molecule has 0 aromatic carbocycles. The lowest BCUT2D eigenvalue weighted by atomic mass is 10.1. The Morgan fingerprint density at radius 2 is 2.22 bits per heavy atom. The van der Waals surface area contributed by atoms with Crippen LogP contribution in [0.5, 0.6) is 0 Å². The van der Waals surface area contributed by atoms with Gasteiger partial charge in [-0.2, -0.15) is 0 Å². The van der Waals surface area contributed by atoms with Crippen LogP contribution in [-0.2, 0) is 0 Å². The summed E-state index contributed by atoms with van der Waals surface area (Å²) in [4.78, 5) is 0. The van der Waals surface area contributed by atoms with Crippen molar-refractivity contribution in [3.63, 3.8) is 0 Å². The zero-order valence-corrected chi connectivity index (χ0v) is 6.28. The molecule has 0 bridgehead atoms. The van der Waals surface area contributed by atoms with Crippen molar-refractivity contribution < 1.29 is 0 Å². The Morgan fingerprint density at radius 3 is 2.67 bits per heavy atom. The summed E-state index contributed by atoms with van der Waals surface area (Å²) < 4.78 is 0. The van der Waals surface area contributed by atoms with Gasteiger partial charge in [-0.05, 0) is 13.3 Å². The first-order chi connectivity index (χ1) is 4.31. The Morgan fingerprint density at radius 1 is 1.56 bits per heavy atom. The smallest absolute Gasteiger partial charge is 0.0241 e. The second kappa shape index (κ2) is 5.65. The van der Waals surface area contributed by atoms with E-state index in [1.54, 1.807) is 0 Å². The van der Waals surface area contributed by atoms with Gasteiger partial charge < -0.3 is 5.73 Å². The summed E-state index contributed by atoms with van der Waals surface area (Å²) in [7, 11) is 0. The average Bonchev–Trinajstić information content (AvgIpc) is 1.85. The van der Waals surface area contributed by atoms with Gasteiger partial charge in [0.1, 0.15) is 0 Å². The molecular weight excluding hydrogens is 110 g/mol. The molecule has 0 aliphatic carbocycles. The van der Waals surface area contributed by atoms with Gasteiger partial charge in [0.15, 0.2) is 0 Å². The van der Waals surface area contributed by atoms with E-state index in [-0.39, 0.29) is 0 Å². The Bertz CT molecular complexity index is 107. The molecular formula is C8H15N. The fraction of sp³-hybridized carbons (Fsp3) is 0.750. The van der Waals surface area contributed by atoms with Gasteiger partial charge in [0.2, 0.25) is 0 Å².